The van der Waals surface area contributed by atoms with Gasteiger partial charge in [0.1, 0.15) is 6.61 Å². The average Bonchev–Trinajstić information content (AvgIpc) is 2.70. The monoisotopic (exact) mass is 502 g/mol. The van der Waals surface area contributed by atoms with Crippen LogP contribution >= 0.6 is 39.1 Å². The van der Waals surface area contributed by atoms with Gasteiger partial charge in [-0.15, -0.1) is 0 Å². The number of hydrogen-bond donors (Lipinski definition) is 1. The molecule has 154 valence electrons. The summed E-state index contributed by atoms with van der Waals surface area (Å²) in [5, 5.41) is 5.03. The van der Waals surface area contributed by atoms with Crippen molar-refractivity contribution in [2.75, 3.05) is 37.6 Å². The van der Waals surface area contributed by atoms with Gasteiger partial charge in [-0.05, 0) is 12.1 Å². The number of pyridine rings is 1. The maximum Gasteiger partial charge on any atom is 0.338 e. The molecule has 0 saturated carbocycles. The summed E-state index contributed by atoms with van der Waals surface area (Å²) >= 11 is 15.7. The normalized spacial score (nSPS) is 10.9. The molecule has 0 aliphatic heterocycles. The van der Waals surface area contributed by atoms with Gasteiger partial charge in [-0.25, -0.2) is 4.79 Å². The zero-order valence-corrected chi connectivity index (χ0v) is 18.4. The molecule has 7 nitrogen and oxygen atoms in total. The van der Waals surface area contributed by atoms with Crippen LogP contribution in [0, 0.1) is 0 Å². The summed E-state index contributed by atoms with van der Waals surface area (Å²) in [6, 6.07) is 4.78. The minimum atomic E-state index is -0.574. The van der Waals surface area contributed by atoms with E-state index in [0.29, 0.717) is 51.5 Å². The highest BCUT2D eigenvalue weighted by Gasteiger charge is 2.17. The van der Waals surface area contributed by atoms with Crippen molar-refractivity contribution in [2.45, 2.75) is 0 Å². The second-order valence-corrected chi connectivity index (χ2v) is 7.31. The molecule has 0 atom stereocenters. The molecule has 1 N–H and O–H groups in total. The second-order valence-electron chi connectivity index (χ2n) is 5.71. The van der Waals surface area contributed by atoms with Gasteiger partial charge >= 0.3 is 5.63 Å². The number of alkyl halides is 1. The summed E-state index contributed by atoms with van der Waals surface area (Å²) in [6.45, 7) is 1.19. The fraction of sp³-hybridized carbons (Fsp3) is 0.263. The van der Waals surface area contributed by atoms with Crippen LogP contribution in [0.5, 0.6) is 11.5 Å². The molecule has 0 aliphatic carbocycles. The van der Waals surface area contributed by atoms with E-state index in [9.17, 15) is 4.79 Å². The van der Waals surface area contributed by atoms with Crippen LogP contribution in [0.2, 0.25) is 10.0 Å². The predicted octanol–water partition coefficient (Wildman–Crippen LogP) is 5.04. The molecule has 0 spiro atoms. The van der Waals surface area contributed by atoms with E-state index < -0.39 is 5.63 Å². The topological polar surface area (TPSA) is 82.8 Å². The van der Waals surface area contributed by atoms with Crippen LogP contribution in [0.1, 0.15) is 0 Å². The average molecular weight is 504 g/mol. The van der Waals surface area contributed by atoms with E-state index in [4.69, 9.17) is 41.8 Å². The van der Waals surface area contributed by atoms with Gasteiger partial charge in [0.2, 0.25) is 5.75 Å². The first-order valence-electron chi connectivity index (χ1n) is 8.52. The minimum absolute atomic E-state index is 0.237. The van der Waals surface area contributed by atoms with Crippen molar-refractivity contribution in [3.8, 4) is 11.5 Å². The summed E-state index contributed by atoms with van der Waals surface area (Å²) in [4.78, 5) is 16.1. The minimum Gasteiger partial charge on any atom is -0.493 e. The molecular formula is C19H17BrCl2N2O5. The Morgan fingerprint density at radius 1 is 1.17 bits per heavy atom. The van der Waals surface area contributed by atoms with Gasteiger partial charge in [-0.3, -0.25) is 4.98 Å². The van der Waals surface area contributed by atoms with Gasteiger partial charge in [-0.1, -0.05) is 39.1 Å². The third-order valence-electron chi connectivity index (χ3n) is 3.86. The van der Waals surface area contributed by atoms with Gasteiger partial charge in [0, 0.05) is 29.2 Å². The fourth-order valence-electron chi connectivity index (χ4n) is 2.61. The molecule has 0 saturated heterocycles. The lowest BCUT2D eigenvalue weighted by molar-refractivity contribution is 0.111. The van der Waals surface area contributed by atoms with Crippen LogP contribution in [0.3, 0.4) is 0 Å². The van der Waals surface area contributed by atoms with E-state index in [0.717, 1.165) is 5.33 Å². The number of ether oxygens (including phenoxy) is 3. The molecule has 2 aromatic heterocycles. The lowest BCUT2D eigenvalue weighted by Gasteiger charge is -2.15. The summed E-state index contributed by atoms with van der Waals surface area (Å²) in [7, 11) is 1.51. The Balaban J connectivity index is 2.02. The highest BCUT2D eigenvalue weighted by atomic mass is 79.9. The van der Waals surface area contributed by atoms with Crippen molar-refractivity contribution in [3.05, 3.63) is 51.1 Å². The van der Waals surface area contributed by atoms with Crippen LogP contribution in [0.15, 0.2) is 39.8 Å². The van der Waals surface area contributed by atoms with E-state index in [1.54, 1.807) is 12.1 Å². The van der Waals surface area contributed by atoms with Gasteiger partial charge in [0.25, 0.3) is 0 Å². The van der Waals surface area contributed by atoms with Gasteiger partial charge in [-0.2, -0.15) is 0 Å². The van der Waals surface area contributed by atoms with Crippen molar-refractivity contribution in [1.29, 1.82) is 0 Å². The van der Waals surface area contributed by atoms with Crippen molar-refractivity contribution >= 4 is 61.5 Å². The molecular weight excluding hydrogens is 487 g/mol. The first kappa shape index (κ1) is 21.7. The summed E-state index contributed by atoms with van der Waals surface area (Å²) in [5.41, 5.74) is 0.544. The highest BCUT2D eigenvalue weighted by Crippen LogP contribution is 2.39. The number of methoxy groups -OCH3 is 1. The number of benzene rings is 1. The molecule has 0 amide bonds. The number of nitrogens with one attached hydrogen (secondary N) is 1. The van der Waals surface area contributed by atoms with E-state index in [-0.39, 0.29) is 12.2 Å². The molecule has 3 rings (SSSR count). The largest absolute Gasteiger partial charge is 0.493 e. The SMILES string of the molecule is COc1ccc2c(Nc3c(Cl)cncc3Cl)cc(=O)oc2c1OCCOCCBr. The molecule has 1 aromatic carbocycles. The Morgan fingerprint density at radius 2 is 1.93 bits per heavy atom. The van der Waals surface area contributed by atoms with Crippen LogP contribution in [0.25, 0.3) is 11.0 Å². The fourth-order valence-corrected chi connectivity index (χ4v) is 3.30. The van der Waals surface area contributed by atoms with Crippen LogP contribution in [-0.4, -0.2) is 37.2 Å². The molecule has 0 bridgehead atoms. The quantitative estimate of drug-likeness (QED) is 0.249. The zero-order chi connectivity index (χ0) is 20.8. The molecule has 0 unspecified atom stereocenters. The molecule has 3 aromatic rings. The third kappa shape index (κ3) is 5.14. The van der Waals surface area contributed by atoms with Gasteiger partial charge in [0.05, 0.1) is 41.7 Å². The third-order valence-corrected chi connectivity index (χ3v) is 4.76. The van der Waals surface area contributed by atoms with E-state index in [1.165, 1.54) is 25.6 Å². The van der Waals surface area contributed by atoms with Crippen LogP contribution in [0.4, 0.5) is 11.4 Å². The smallest absolute Gasteiger partial charge is 0.338 e. The Kier molecular flexibility index (Phi) is 7.60. The Morgan fingerprint density at radius 3 is 2.62 bits per heavy atom. The maximum absolute atomic E-state index is 12.2. The van der Waals surface area contributed by atoms with Crippen molar-refractivity contribution < 1.29 is 18.6 Å². The lowest BCUT2D eigenvalue weighted by Crippen LogP contribution is -2.10. The predicted molar refractivity (Wildman–Crippen MR) is 117 cm³/mol. The summed E-state index contributed by atoms with van der Waals surface area (Å²) < 4.78 is 22.0. The van der Waals surface area contributed by atoms with Gasteiger partial charge in [0.15, 0.2) is 11.3 Å². The first-order valence-corrected chi connectivity index (χ1v) is 10.4. The van der Waals surface area contributed by atoms with E-state index >= 15 is 0 Å². The van der Waals surface area contributed by atoms with Crippen molar-refractivity contribution in [1.82, 2.24) is 4.98 Å². The molecule has 0 radical (unpaired) electrons. The highest BCUT2D eigenvalue weighted by molar-refractivity contribution is 9.09. The van der Waals surface area contributed by atoms with Crippen molar-refractivity contribution in [3.63, 3.8) is 0 Å². The molecule has 2 heterocycles. The number of rotatable bonds is 9. The summed E-state index contributed by atoms with van der Waals surface area (Å²) in [6.07, 6.45) is 2.90. The zero-order valence-electron chi connectivity index (χ0n) is 15.3. The number of anilines is 2. The number of fused-ring (bicyclic) bond motifs is 1. The number of aromatic nitrogens is 1. The molecule has 0 fully saturated rings. The van der Waals surface area contributed by atoms with Crippen LogP contribution < -0.4 is 20.4 Å². The lowest BCUT2D eigenvalue weighted by atomic mass is 10.1. The first-order chi connectivity index (χ1) is 14.0. The Bertz CT molecular complexity index is 1040. The molecule has 29 heavy (non-hydrogen) atoms. The number of nitrogens with zero attached hydrogens (tertiary/aromatic N) is 1. The maximum atomic E-state index is 12.2. The molecule has 0 aliphatic rings. The van der Waals surface area contributed by atoms with Gasteiger partial charge < -0.3 is 23.9 Å². The van der Waals surface area contributed by atoms with E-state index in [2.05, 4.69) is 26.2 Å². The van der Waals surface area contributed by atoms with Crippen LogP contribution in [-0.2, 0) is 4.74 Å². The Labute approximate surface area is 185 Å². The number of hydrogen-bond acceptors (Lipinski definition) is 7. The number of halogens is 3. The van der Waals surface area contributed by atoms with Crippen molar-refractivity contribution in [2.24, 2.45) is 0 Å². The summed E-state index contributed by atoms with van der Waals surface area (Å²) in [5.74, 6) is 0.735. The molecule has 10 heteroatoms. The standard InChI is InChI=1S/C19H17BrCl2N2O5/c1-26-15-3-2-11-14(24-17-12(21)9-23-10-13(17)22)8-16(25)29-18(11)19(15)28-7-6-27-5-4-20/h2-3,8-10H,4-7H2,1H3,(H,23,24). The second kappa shape index (κ2) is 10.2. The van der Waals surface area contributed by atoms with E-state index in [1.807, 2.05) is 0 Å². The Hall–Kier alpha value is -2.00.